The number of rotatable bonds is 17. The topological polar surface area (TPSA) is 182 Å². The number of carbonyl (C=O) groups is 3. The molecule has 1 aromatic heterocycles. The van der Waals surface area contributed by atoms with E-state index in [1.54, 1.807) is 7.11 Å². The molecule has 1 heterocycles. The Labute approximate surface area is 243 Å². The molecule has 0 bridgehead atoms. The second-order valence-electron chi connectivity index (χ2n) is 11.6. The zero-order chi connectivity index (χ0) is 30.6. The molecule has 11 heteroatoms. The summed E-state index contributed by atoms with van der Waals surface area (Å²) in [6, 6.07) is 6.15. The van der Waals surface area contributed by atoms with Gasteiger partial charge in [0.2, 0.25) is 11.8 Å². The van der Waals surface area contributed by atoms with E-state index >= 15 is 0 Å². The average Bonchev–Trinajstić information content (AvgIpc) is 2.92. The number of methoxy groups -OCH3 is 1. The first-order valence-electron chi connectivity index (χ1n) is 14.4. The molecule has 0 saturated carbocycles. The summed E-state index contributed by atoms with van der Waals surface area (Å²) in [5.41, 5.74) is 14.0. The zero-order valence-corrected chi connectivity index (χ0v) is 25.1. The first-order chi connectivity index (χ1) is 19.3. The Balaban J connectivity index is 1.84. The third-order valence-electron chi connectivity index (χ3n) is 6.89. The summed E-state index contributed by atoms with van der Waals surface area (Å²) in [5.74, 6) is -1.26. The number of nitrogens with zero attached hydrogens (tertiary/aromatic N) is 1. The molecule has 0 fully saturated rings. The van der Waals surface area contributed by atoms with E-state index in [0.717, 1.165) is 47.3 Å². The summed E-state index contributed by atoms with van der Waals surface area (Å²) in [7, 11) is 1.64. The van der Waals surface area contributed by atoms with Gasteiger partial charge in [0.25, 0.3) is 0 Å². The van der Waals surface area contributed by atoms with Crippen molar-refractivity contribution in [1.29, 1.82) is 0 Å². The number of nitrogens with one attached hydrogen (secondary N) is 3. The highest BCUT2D eigenvalue weighted by Gasteiger charge is 2.24. The van der Waals surface area contributed by atoms with E-state index in [9.17, 15) is 19.5 Å². The van der Waals surface area contributed by atoms with Crippen molar-refractivity contribution in [2.45, 2.75) is 96.2 Å². The number of fused-ring (bicyclic) bond motifs is 1. The lowest BCUT2D eigenvalue weighted by atomic mass is 9.91. The molecule has 3 atom stereocenters. The Kier molecular flexibility index (Phi) is 13.3. The van der Waals surface area contributed by atoms with Gasteiger partial charge in [-0.05, 0) is 57.7 Å². The normalized spacial score (nSPS) is 13.7. The number of pyridine rings is 1. The van der Waals surface area contributed by atoms with Gasteiger partial charge in [0.1, 0.15) is 11.8 Å². The molecule has 1 aromatic carbocycles. The van der Waals surface area contributed by atoms with Crippen molar-refractivity contribution in [3.8, 4) is 5.75 Å². The molecular formula is C30H48N6O5. The van der Waals surface area contributed by atoms with Crippen molar-refractivity contribution in [2.75, 3.05) is 25.5 Å². The van der Waals surface area contributed by atoms with Crippen molar-refractivity contribution in [1.82, 2.24) is 15.6 Å². The minimum Gasteiger partial charge on any atom is -0.497 e. The van der Waals surface area contributed by atoms with Crippen LogP contribution in [0.5, 0.6) is 5.75 Å². The number of aromatic nitrogens is 1. The van der Waals surface area contributed by atoms with Crippen LogP contribution >= 0.6 is 0 Å². The minimum atomic E-state index is -1.20. The Morgan fingerprint density at radius 3 is 2.44 bits per heavy atom. The molecule has 11 nitrogen and oxygen atoms in total. The van der Waals surface area contributed by atoms with Gasteiger partial charge < -0.3 is 37.3 Å². The highest BCUT2D eigenvalue weighted by molar-refractivity contribution is 5.92. The highest BCUT2D eigenvalue weighted by atomic mass is 16.5. The molecule has 0 aliphatic carbocycles. The Hall–Kier alpha value is -3.44. The quantitative estimate of drug-likeness (QED) is 0.155. The molecule has 41 heavy (non-hydrogen) atoms. The number of benzene rings is 1. The number of anilines is 1. The molecule has 0 aliphatic rings. The fraction of sp³-hybridized carbons (Fsp3) is 0.600. The number of carboxylic acids is 1. The fourth-order valence-electron chi connectivity index (χ4n) is 4.37. The lowest BCUT2D eigenvalue weighted by molar-refractivity contribution is -0.142. The number of hydrogen-bond acceptors (Lipinski definition) is 8. The number of carboxylic acid groups (broad SMARTS) is 1. The predicted molar refractivity (Wildman–Crippen MR) is 162 cm³/mol. The molecule has 0 aliphatic heterocycles. The van der Waals surface area contributed by atoms with E-state index < -0.39 is 24.0 Å². The molecule has 2 rings (SSSR count). The standard InChI is InChI=1S/C30H48N6O5/c1-19(34-24-18-21(41-5)17-20-11-13-25(30(2,3)4)36-27(20)24)9-8-16-33-26(37)14-12-23(29(39)40)35-28(38)22(32)10-6-7-15-31/h11,13,17-19,22-23,34H,6-10,12,14-16,31-32H2,1-5H3,(H,33,37)(H,35,38)(H,39,40)/t19?,22-,23?/m0/s1. The smallest absolute Gasteiger partial charge is 0.326 e. The molecule has 2 amide bonds. The molecular weight excluding hydrogens is 524 g/mol. The number of hydrogen-bond donors (Lipinski definition) is 6. The predicted octanol–water partition coefficient (Wildman–Crippen LogP) is 3.04. The Bertz CT molecular complexity index is 1170. The van der Waals surface area contributed by atoms with Gasteiger partial charge in [0, 0.05) is 41.6 Å². The number of unbranched alkanes of at least 4 members (excludes halogenated alkanes) is 1. The lowest BCUT2D eigenvalue weighted by Gasteiger charge is -2.21. The van der Waals surface area contributed by atoms with Crippen LogP contribution in [0.25, 0.3) is 10.9 Å². The molecule has 0 saturated heterocycles. The maximum Gasteiger partial charge on any atom is 0.326 e. The summed E-state index contributed by atoms with van der Waals surface area (Å²) in [6.07, 6.45) is 3.31. The van der Waals surface area contributed by atoms with E-state index in [-0.39, 0.29) is 30.2 Å². The monoisotopic (exact) mass is 572 g/mol. The number of nitrogens with two attached hydrogens (primary N) is 2. The van der Waals surface area contributed by atoms with Crippen molar-refractivity contribution in [2.24, 2.45) is 11.5 Å². The maximum atomic E-state index is 12.3. The Morgan fingerprint density at radius 2 is 1.80 bits per heavy atom. The van der Waals surface area contributed by atoms with Gasteiger partial charge in [-0.25, -0.2) is 4.79 Å². The number of aliphatic carboxylic acids is 1. The van der Waals surface area contributed by atoms with Gasteiger partial charge >= 0.3 is 5.97 Å². The zero-order valence-electron chi connectivity index (χ0n) is 25.1. The molecule has 2 aromatic rings. The summed E-state index contributed by atoms with van der Waals surface area (Å²) in [4.78, 5) is 41.1. The number of amides is 2. The van der Waals surface area contributed by atoms with Crippen molar-refractivity contribution >= 4 is 34.4 Å². The van der Waals surface area contributed by atoms with Gasteiger partial charge in [-0.3, -0.25) is 14.6 Å². The first-order valence-corrected chi connectivity index (χ1v) is 14.4. The van der Waals surface area contributed by atoms with E-state index in [0.29, 0.717) is 25.9 Å². The van der Waals surface area contributed by atoms with E-state index in [4.69, 9.17) is 21.2 Å². The summed E-state index contributed by atoms with van der Waals surface area (Å²) in [6.45, 7) is 9.43. The van der Waals surface area contributed by atoms with E-state index in [2.05, 4.69) is 49.7 Å². The van der Waals surface area contributed by atoms with Crippen molar-refractivity contribution < 1.29 is 24.2 Å². The average molecular weight is 573 g/mol. The van der Waals surface area contributed by atoms with Gasteiger partial charge in [-0.15, -0.1) is 0 Å². The van der Waals surface area contributed by atoms with Crippen LogP contribution in [-0.2, 0) is 19.8 Å². The van der Waals surface area contributed by atoms with Crippen molar-refractivity contribution in [3.63, 3.8) is 0 Å². The molecule has 2 unspecified atom stereocenters. The lowest BCUT2D eigenvalue weighted by Crippen LogP contribution is -2.48. The van der Waals surface area contributed by atoms with Crippen LogP contribution in [0.1, 0.15) is 78.3 Å². The molecule has 0 radical (unpaired) electrons. The van der Waals surface area contributed by atoms with Crippen LogP contribution in [0.15, 0.2) is 24.3 Å². The van der Waals surface area contributed by atoms with E-state index in [1.165, 1.54) is 0 Å². The van der Waals surface area contributed by atoms with Crippen LogP contribution in [0.4, 0.5) is 5.69 Å². The summed E-state index contributed by atoms with van der Waals surface area (Å²) >= 11 is 0. The van der Waals surface area contributed by atoms with Crippen molar-refractivity contribution in [3.05, 3.63) is 30.0 Å². The third kappa shape index (κ3) is 11.2. The van der Waals surface area contributed by atoms with Gasteiger partial charge in [-0.1, -0.05) is 33.3 Å². The maximum absolute atomic E-state index is 12.3. The molecule has 8 N–H and O–H groups in total. The molecule has 0 spiro atoms. The minimum absolute atomic E-state index is 0.0210. The third-order valence-corrected chi connectivity index (χ3v) is 6.89. The van der Waals surface area contributed by atoms with Crippen LogP contribution in [0, 0.1) is 0 Å². The summed E-state index contributed by atoms with van der Waals surface area (Å²) in [5, 5.41) is 19.3. The number of ether oxygens (including phenoxy) is 1. The SMILES string of the molecule is COc1cc(NC(C)CCCNC(=O)CCC(NC(=O)[C@@H](N)CCCCN)C(=O)O)c2nc(C(C)(C)C)ccc2c1. The van der Waals surface area contributed by atoms with Gasteiger partial charge in [0.05, 0.1) is 24.4 Å². The molecule has 228 valence electrons. The van der Waals surface area contributed by atoms with Crippen LogP contribution in [0.3, 0.4) is 0 Å². The highest BCUT2D eigenvalue weighted by Crippen LogP contribution is 2.31. The van der Waals surface area contributed by atoms with Gasteiger partial charge in [-0.2, -0.15) is 0 Å². The number of carbonyl (C=O) groups excluding carboxylic acids is 2. The largest absolute Gasteiger partial charge is 0.497 e. The van der Waals surface area contributed by atoms with Crippen LogP contribution in [-0.4, -0.2) is 66.2 Å². The van der Waals surface area contributed by atoms with Gasteiger partial charge in [0.15, 0.2) is 0 Å². The second kappa shape index (κ2) is 16.1. The summed E-state index contributed by atoms with van der Waals surface area (Å²) < 4.78 is 5.49. The first kappa shape index (κ1) is 33.8. The fourth-order valence-corrected chi connectivity index (χ4v) is 4.37. The van der Waals surface area contributed by atoms with Crippen LogP contribution in [0.2, 0.25) is 0 Å². The van der Waals surface area contributed by atoms with E-state index in [1.807, 2.05) is 18.2 Å². The van der Waals surface area contributed by atoms with Crippen LogP contribution < -0.4 is 32.2 Å². The second-order valence-corrected chi connectivity index (χ2v) is 11.6. The Morgan fingerprint density at radius 1 is 1.07 bits per heavy atom.